The lowest BCUT2D eigenvalue weighted by Gasteiger charge is -2.27. The maximum atomic E-state index is 12.5. The van der Waals surface area contributed by atoms with Gasteiger partial charge in [-0.15, -0.1) is 11.3 Å². The van der Waals surface area contributed by atoms with Crippen molar-refractivity contribution in [3.8, 4) is 5.75 Å². The number of carbonyl (C=O) groups excluding carboxylic acids is 1. The van der Waals surface area contributed by atoms with Crippen LogP contribution in [0.4, 0.5) is 5.82 Å². The minimum absolute atomic E-state index is 0.0105. The summed E-state index contributed by atoms with van der Waals surface area (Å²) in [6.07, 6.45) is 2.25. The van der Waals surface area contributed by atoms with E-state index in [4.69, 9.17) is 10.5 Å². The number of rotatable bonds is 3. The van der Waals surface area contributed by atoms with Crippen LogP contribution in [0, 0.1) is 6.92 Å². The Morgan fingerprint density at radius 2 is 2.28 bits per heavy atom. The fourth-order valence-electron chi connectivity index (χ4n) is 3.11. The Hall–Kier alpha value is -2.67. The first-order valence-electron chi connectivity index (χ1n) is 8.10. The van der Waals surface area contributed by atoms with Crippen molar-refractivity contribution >= 4 is 33.3 Å². The second-order valence-corrected chi connectivity index (χ2v) is 7.20. The van der Waals surface area contributed by atoms with Gasteiger partial charge in [-0.3, -0.25) is 4.79 Å². The van der Waals surface area contributed by atoms with Crippen molar-refractivity contribution in [1.82, 2.24) is 14.9 Å². The minimum atomic E-state index is -0.0105. The molecule has 0 saturated carbocycles. The highest BCUT2D eigenvalue weighted by atomic mass is 32.1. The zero-order valence-corrected chi connectivity index (χ0v) is 14.7. The van der Waals surface area contributed by atoms with Crippen LogP contribution in [0.1, 0.15) is 16.0 Å². The number of ether oxygens (including phenoxy) is 1. The van der Waals surface area contributed by atoms with Gasteiger partial charge in [-0.05, 0) is 36.6 Å². The van der Waals surface area contributed by atoms with Gasteiger partial charge in [-0.2, -0.15) is 0 Å². The van der Waals surface area contributed by atoms with Crippen LogP contribution in [0.25, 0.3) is 10.2 Å². The molecular formula is C18H18N4O2S. The lowest BCUT2D eigenvalue weighted by atomic mass is 10.1. The quantitative estimate of drug-likeness (QED) is 0.782. The van der Waals surface area contributed by atoms with Crippen LogP contribution < -0.4 is 10.5 Å². The molecule has 2 aromatic heterocycles. The zero-order valence-electron chi connectivity index (χ0n) is 13.9. The lowest BCUT2D eigenvalue weighted by molar-refractivity contribution is -0.134. The van der Waals surface area contributed by atoms with Gasteiger partial charge < -0.3 is 15.4 Å². The molecule has 0 atom stereocenters. The molecule has 0 fully saturated rings. The van der Waals surface area contributed by atoms with Crippen LogP contribution in [0.5, 0.6) is 5.75 Å². The number of nitrogens with two attached hydrogens (primary N) is 1. The number of hydrogen-bond donors (Lipinski definition) is 1. The van der Waals surface area contributed by atoms with Gasteiger partial charge in [0.25, 0.3) is 5.91 Å². The molecule has 4 rings (SSSR count). The summed E-state index contributed by atoms with van der Waals surface area (Å²) in [6, 6.07) is 7.71. The Morgan fingerprint density at radius 1 is 1.40 bits per heavy atom. The molecule has 3 aromatic rings. The summed E-state index contributed by atoms with van der Waals surface area (Å²) in [4.78, 5) is 24.7. The van der Waals surface area contributed by atoms with E-state index in [1.54, 1.807) is 11.3 Å². The second-order valence-electron chi connectivity index (χ2n) is 6.11. The molecule has 1 aromatic carbocycles. The third-order valence-electron chi connectivity index (χ3n) is 4.37. The number of fused-ring (bicyclic) bond motifs is 3. The number of hydrogen-bond acceptors (Lipinski definition) is 6. The molecule has 0 unspecified atom stereocenters. The normalized spacial score (nSPS) is 13.7. The molecule has 1 aliphatic rings. The Bertz CT molecular complexity index is 953. The van der Waals surface area contributed by atoms with Crippen molar-refractivity contribution in [1.29, 1.82) is 0 Å². The van der Waals surface area contributed by atoms with Gasteiger partial charge in [0.05, 0.1) is 11.9 Å². The van der Waals surface area contributed by atoms with E-state index in [1.165, 1.54) is 11.9 Å². The number of aromatic nitrogens is 2. The van der Waals surface area contributed by atoms with Crippen LogP contribution in [-0.2, 0) is 17.8 Å². The smallest absolute Gasteiger partial charge is 0.260 e. The third kappa shape index (κ3) is 3.02. The van der Waals surface area contributed by atoms with E-state index in [1.807, 2.05) is 36.1 Å². The number of anilines is 1. The average molecular weight is 354 g/mol. The molecule has 7 heteroatoms. The Balaban J connectivity index is 1.47. The number of carbonyl (C=O) groups is 1. The molecule has 1 amide bonds. The topological polar surface area (TPSA) is 81.3 Å². The van der Waals surface area contributed by atoms with Crippen LogP contribution >= 0.6 is 11.3 Å². The number of nitrogens with zero attached hydrogens (tertiary/aromatic N) is 3. The maximum Gasteiger partial charge on any atom is 0.260 e. The summed E-state index contributed by atoms with van der Waals surface area (Å²) in [7, 11) is 0. The summed E-state index contributed by atoms with van der Waals surface area (Å²) in [5, 5.41) is 0.950. The van der Waals surface area contributed by atoms with Crippen molar-refractivity contribution in [3.63, 3.8) is 0 Å². The van der Waals surface area contributed by atoms with Gasteiger partial charge in [0, 0.05) is 11.4 Å². The van der Waals surface area contributed by atoms with Crippen molar-refractivity contribution in [2.24, 2.45) is 0 Å². The van der Waals surface area contributed by atoms with Crippen molar-refractivity contribution in [2.45, 2.75) is 19.9 Å². The molecule has 0 spiro atoms. The van der Waals surface area contributed by atoms with Crippen LogP contribution in [-0.4, -0.2) is 33.9 Å². The Morgan fingerprint density at radius 3 is 3.12 bits per heavy atom. The number of amides is 1. The minimum Gasteiger partial charge on any atom is -0.484 e. The third-order valence-corrected chi connectivity index (χ3v) is 5.50. The molecule has 1 aliphatic heterocycles. The van der Waals surface area contributed by atoms with Crippen molar-refractivity contribution in [3.05, 3.63) is 46.6 Å². The SMILES string of the molecule is Cc1cccc(OCC(=O)N2CCc3c(sc4ncnc(N)c34)C2)c1. The molecule has 0 aliphatic carbocycles. The van der Waals surface area contributed by atoms with Crippen molar-refractivity contribution in [2.75, 3.05) is 18.9 Å². The molecule has 6 nitrogen and oxygen atoms in total. The van der Waals surface area contributed by atoms with Crippen LogP contribution in [0.3, 0.4) is 0 Å². The van der Waals surface area contributed by atoms with E-state index in [-0.39, 0.29) is 12.5 Å². The van der Waals surface area contributed by atoms with Gasteiger partial charge in [-0.1, -0.05) is 12.1 Å². The van der Waals surface area contributed by atoms with Crippen LogP contribution in [0.2, 0.25) is 0 Å². The second kappa shape index (κ2) is 6.33. The highest BCUT2D eigenvalue weighted by Gasteiger charge is 2.26. The number of benzene rings is 1. The summed E-state index contributed by atoms with van der Waals surface area (Å²) in [6.45, 7) is 3.28. The van der Waals surface area contributed by atoms with Gasteiger partial charge in [0.2, 0.25) is 0 Å². The van der Waals surface area contributed by atoms with Gasteiger partial charge in [0.15, 0.2) is 6.61 Å². The molecule has 128 valence electrons. The van der Waals surface area contributed by atoms with Gasteiger partial charge in [-0.25, -0.2) is 9.97 Å². The summed E-state index contributed by atoms with van der Waals surface area (Å²) < 4.78 is 5.64. The first kappa shape index (κ1) is 15.8. The molecule has 3 heterocycles. The molecule has 0 bridgehead atoms. The predicted octanol–water partition coefficient (Wildman–Crippen LogP) is 2.55. The molecule has 2 N–H and O–H groups in total. The monoisotopic (exact) mass is 354 g/mol. The molecule has 0 saturated heterocycles. The summed E-state index contributed by atoms with van der Waals surface area (Å²) in [5.74, 6) is 1.23. The summed E-state index contributed by atoms with van der Waals surface area (Å²) in [5.41, 5.74) is 8.29. The van der Waals surface area contributed by atoms with E-state index in [9.17, 15) is 4.79 Å². The van der Waals surface area contributed by atoms with E-state index >= 15 is 0 Å². The van der Waals surface area contributed by atoms with E-state index in [0.717, 1.165) is 32.8 Å². The van der Waals surface area contributed by atoms with E-state index in [2.05, 4.69) is 9.97 Å². The number of nitrogen functional groups attached to an aromatic ring is 1. The fourth-order valence-corrected chi connectivity index (χ4v) is 4.32. The maximum absolute atomic E-state index is 12.5. The average Bonchev–Trinajstić information content (AvgIpc) is 2.98. The first-order valence-corrected chi connectivity index (χ1v) is 8.91. The van der Waals surface area contributed by atoms with Gasteiger partial charge >= 0.3 is 0 Å². The molecular weight excluding hydrogens is 336 g/mol. The lowest BCUT2D eigenvalue weighted by Crippen LogP contribution is -2.38. The first-order chi connectivity index (χ1) is 12.1. The largest absolute Gasteiger partial charge is 0.484 e. The molecule has 25 heavy (non-hydrogen) atoms. The number of aryl methyl sites for hydroxylation is 1. The summed E-state index contributed by atoms with van der Waals surface area (Å²) >= 11 is 1.59. The highest BCUT2D eigenvalue weighted by Crippen LogP contribution is 2.36. The fraction of sp³-hybridized carbons (Fsp3) is 0.278. The Labute approximate surface area is 149 Å². The van der Waals surface area contributed by atoms with Crippen LogP contribution in [0.15, 0.2) is 30.6 Å². The highest BCUT2D eigenvalue weighted by molar-refractivity contribution is 7.19. The number of thiophene rings is 1. The van der Waals surface area contributed by atoms with E-state index in [0.29, 0.717) is 18.9 Å². The predicted molar refractivity (Wildman–Crippen MR) is 97.6 cm³/mol. The standard InChI is InChI=1S/C18H18N4O2S/c1-11-3-2-4-12(7-11)24-9-15(23)22-6-5-13-14(8-22)25-18-16(13)17(19)20-10-21-18/h2-4,7,10H,5-6,8-9H2,1H3,(H2,19,20,21). The zero-order chi connectivity index (χ0) is 17.4. The van der Waals surface area contributed by atoms with E-state index < -0.39 is 0 Å². The Kier molecular flexibility index (Phi) is 4.01. The van der Waals surface area contributed by atoms with Gasteiger partial charge in [0.1, 0.15) is 22.7 Å². The molecule has 0 radical (unpaired) electrons. The van der Waals surface area contributed by atoms with Crippen molar-refractivity contribution < 1.29 is 9.53 Å².